The molecule has 0 amide bonds. The molecule has 0 aromatic heterocycles. The molecule has 1 aliphatic heterocycles. The Morgan fingerprint density at radius 2 is 2.00 bits per heavy atom. The van der Waals surface area contributed by atoms with Gasteiger partial charge in [-0.1, -0.05) is 13.0 Å². The van der Waals surface area contributed by atoms with E-state index < -0.39 is 0 Å². The highest BCUT2D eigenvalue weighted by Crippen LogP contribution is 2.24. The normalized spacial score (nSPS) is 17.5. The lowest BCUT2D eigenvalue weighted by molar-refractivity contribution is 0.531. The van der Waals surface area contributed by atoms with Crippen molar-refractivity contribution in [1.29, 1.82) is 0 Å². The summed E-state index contributed by atoms with van der Waals surface area (Å²) in [6.45, 7) is 7.13. The van der Waals surface area contributed by atoms with Gasteiger partial charge in [-0.05, 0) is 50.3 Å². The first-order valence-corrected chi connectivity index (χ1v) is 7.47. The largest absolute Gasteiger partial charge is 0.369 e. The Hall–Kier alpha value is -1.09. The summed E-state index contributed by atoms with van der Waals surface area (Å²) >= 11 is 0. The minimum Gasteiger partial charge on any atom is -0.369 e. The fraction of sp³-hybridized carbons (Fsp3) is 0.625. The zero-order valence-electron chi connectivity index (χ0n) is 12.1. The molecule has 1 fully saturated rings. The Labute approximate surface area is 116 Å². The highest BCUT2D eigenvalue weighted by molar-refractivity contribution is 5.50. The zero-order chi connectivity index (χ0) is 13.7. The molecule has 0 saturated carbocycles. The molecule has 106 valence electrons. The van der Waals surface area contributed by atoms with Crippen LogP contribution in [-0.2, 0) is 6.54 Å². The third kappa shape index (κ3) is 3.93. The standard InChI is InChI=1S/C16H25FN2/c1-3-13(2)18-12-14-7-8-15(17)16(11-14)19-9-5-4-6-10-19/h7-8,11,13,18H,3-6,9-10,12H2,1-2H3. The predicted molar refractivity (Wildman–Crippen MR) is 79.1 cm³/mol. The molecule has 3 heteroatoms. The van der Waals surface area contributed by atoms with Gasteiger partial charge in [-0.25, -0.2) is 4.39 Å². The molecule has 0 radical (unpaired) electrons. The van der Waals surface area contributed by atoms with Gasteiger partial charge in [0.05, 0.1) is 5.69 Å². The maximum absolute atomic E-state index is 14.0. The first kappa shape index (κ1) is 14.3. The number of nitrogens with one attached hydrogen (secondary N) is 1. The van der Waals surface area contributed by atoms with Crippen molar-refractivity contribution in [2.75, 3.05) is 18.0 Å². The summed E-state index contributed by atoms with van der Waals surface area (Å²) < 4.78 is 14.0. The van der Waals surface area contributed by atoms with Crippen molar-refractivity contribution in [2.24, 2.45) is 0 Å². The average molecular weight is 264 g/mol. The molecule has 2 rings (SSSR count). The van der Waals surface area contributed by atoms with Gasteiger partial charge in [0.25, 0.3) is 0 Å². The number of piperidine rings is 1. The second-order valence-electron chi connectivity index (χ2n) is 5.52. The number of hydrogen-bond acceptors (Lipinski definition) is 2. The van der Waals surface area contributed by atoms with Gasteiger partial charge in [0.2, 0.25) is 0 Å². The molecule has 1 saturated heterocycles. The van der Waals surface area contributed by atoms with Crippen molar-refractivity contribution < 1.29 is 4.39 Å². The number of benzene rings is 1. The van der Waals surface area contributed by atoms with Gasteiger partial charge >= 0.3 is 0 Å². The van der Waals surface area contributed by atoms with Crippen molar-refractivity contribution in [3.63, 3.8) is 0 Å². The van der Waals surface area contributed by atoms with Crippen LogP contribution in [0.4, 0.5) is 10.1 Å². The van der Waals surface area contributed by atoms with E-state index in [1.165, 1.54) is 24.8 Å². The number of nitrogens with zero attached hydrogens (tertiary/aromatic N) is 1. The zero-order valence-corrected chi connectivity index (χ0v) is 12.1. The van der Waals surface area contributed by atoms with E-state index in [4.69, 9.17) is 0 Å². The lowest BCUT2D eigenvalue weighted by Gasteiger charge is -2.29. The number of rotatable bonds is 5. The van der Waals surface area contributed by atoms with Crippen molar-refractivity contribution in [1.82, 2.24) is 5.32 Å². The Balaban J connectivity index is 2.05. The van der Waals surface area contributed by atoms with Crippen LogP contribution in [0.1, 0.15) is 45.1 Å². The van der Waals surface area contributed by atoms with E-state index in [1.54, 1.807) is 6.07 Å². The monoisotopic (exact) mass is 264 g/mol. The molecule has 2 nitrogen and oxygen atoms in total. The highest BCUT2D eigenvalue weighted by atomic mass is 19.1. The highest BCUT2D eigenvalue weighted by Gasteiger charge is 2.15. The maximum atomic E-state index is 14.0. The molecule has 1 aromatic rings. The quantitative estimate of drug-likeness (QED) is 0.872. The van der Waals surface area contributed by atoms with Crippen LogP contribution < -0.4 is 10.2 Å². The van der Waals surface area contributed by atoms with Crippen LogP contribution in [0.5, 0.6) is 0 Å². The number of anilines is 1. The van der Waals surface area contributed by atoms with Gasteiger partial charge < -0.3 is 10.2 Å². The first-order valence-electron chi connectivity index (χ1n) is 7.47. The molecule has 19 heavy (non-hydrogen) atoms. The van der Waals surface area contributed by atoms with E-state index in [0.717, 1.165) is 31.7 Å². The first-order chi connectivity index (χ1) is 9.20. The van der Waals surface area contributed by atoms with Crippen LogP contribution in [0.15, 0.2) is 18.2 Å². The molecule has 0 bridgehead atoms. The SMILES string of the molecule is CCC(C)NCc1ccc(F)c(N2CCCCC2)c1. The van der Waals surface area contributed by atoms with Crippen LogP contribution in [0.2, 0.25) is 0 Å². The van der Waals surface area contributed by atoms with Crippen molar-refractivity contribution in [2.45, 2.75) is 52.1 Å². The molecular weight excluding hydrogens is 239 g/mol. The molecule has 1 unspecified atom stereocenters. The van der Waals surface area contributed by atoms with Gasteiger partial charge in [-0.15, -0.1) is 0 Å². The minimum absolute atomic E-state index is 0.0887. The molecule has 0 aliphatic carbocycles. The van der Waals surface area contributed by atoms with E-state index in [1.807, 2.05) is 12.1 Å². The number of halogens is 1. The molecule has 1 atom stereocenters. The number of hydrogen-bond donors (Lipinski definition) is 1. The van der Waals surface area contributed by atoms with Crippen LogP contribution in [-0.4, -0.2) is 19.1 Å². The second-order valence-corrected chi connectivity index (χ2v) is 5.52. The minimum atomic E-state index is -0.0887. The van der Waals surface area contributed by atoms with Gasteiger partial charge in [-0.3, -0.25) is 0 Å². The lowest BCUT2D eigenvalue weighted by atomic mass is 10.1. The van der Waals surface area contributed by atoms with Gasteiger partial charge in [0.15, 0.2) is 0 Å². The van der Waals surface area contributed by atoms with Crippen LogP contribution in [0.3, 0.4) is 0 Å². The summed E-state index contributed by atoms with van der Waals surface area (Å²) in [6.07, 6.45) is 4.73. The summed E-state index contributed by atoms with van der Waals surface area (Å²) in [6, 6.07) is 6.01. The summed E-state index contributed by atoms with van der Waals surface area (Å²) in [5, 5.41) is 3.46. The van der Waals surface area contributed by atoms with E-state index >= 15 is 0 Å². The Bertz CT molecular complexity index is 400. The van der Waals surface area contributed by atoms with E-state index in [9.17, 15) is 4.39 Å². The van der Waals surface area contributed by atoms with E-state index in [0.29, 0.717) is 6.04 Å². The van der Waals surface area contributed by atoms with Crippen LogP contribution >= 0.6 is 0 Å². The Morgan fingerprint density at radius 1 is 1.26 bits per heavy atom. The van der Waals surface area contributed by atoms with Crippen LogP contribution in [0.25, 0.3) is 0 Å². The molecule has 0 spiro atoms. The van der Waals surface area contributed by atoms with Gasteiger partial charge in [0, 0.05) is 25.7 Å². The summed E-state index contributed by atoms with van der Waals surface area (Å²) in [4.78, 5) is 2.19. The van der Waals surface area contributed by atoms with Crippen molar-refractivity contribution >= 4 is 5.69 Å². The average Bonchev–Trinajstić information content (AvgIpc) is 2.47. The smallest absolute Gasteiger partial charge is 0.146 e. The molecule has 1 aliphatic rings. The third-order valence-electron chi connectivity index (χ3n) is 3.97. The molecule has 1 heterocycles. The third-order valence-corrected chi connectivity index (χ3v) is 3.97. The molecule has 1 aromatic carbocycles. The summed E-state index contributed by atoms with van der Waals surface area (Å²) in [7, 11) is 0. The summed E-state index contributed by atoms with van der Waals surface area (Å²) in [5.74, 6) is -0.0887. The lowest BCUT2D eigenvalue weighted by Crippen LogP contribution is -2.30. The fourth-order valence-corrected chi connectivity index (χ4v) is 2.48. The maximum Gasteiger partial charge on any atom is 0.146 e. The predicted octanol–water partition coefficient (Wildman–Crippen LogP) is 3.70. The van der Waals surface area contributed by atoms with E-state index in [-0.39, 0.29) is 5.82 Å². The molecule has 1 N–H and O–H groups in total. The van der Waals surface area contributed by atoms with E-state index in [2.05, 4.69) is 24.1 Å². The Kier molecular flexibility index (Phi) is 5.20. The van der Waals surface area contributed by atoms with Crippen molar-refractivity contribution in [3.8, 4) is 0 Å². The van der Waals surface area contributed by atoms with Gasteiger partial charge in [-0.2, -0.15) is 0 Å². The topological polar surface area (TPSA) is 15.3 Å². The summed E-state index contributed by atoms with van der Waals surface area (Å²) in [5.41, 5.74) is 1.95. The van der Waals surface area contributed by atoms with Crippen LogP contribution in [0, 0.1) is 5.82 Å². The Morgan fingerprint density at radius 3 is 2.68 bits per heavy atom. The second kappa shape index (κ2) is 6.90. The van der Waals surface area contributed by atoms with Gasteiger partial charge in [0.1, 0.15) is 5.82 Å². The van der Waals surface area contributed by atoms with Crippen molar-refractivity contribution in [3.05, 3.63) is 29.6 Å². The fourth-order valence-electron chi connectivity index (χ4n) is 2.48. The molecular formula is C16H25FN2.